The van der Waals surface area contributed by atoms with Gasteiger partial charge in [-0.1, -0.05) is 6.42 Å². The Bertz CT molecular complexity index is 368. The molecule has 1 aliphatic rings. The van der Waals surface area contributed by atoms with Crippen molar-refractivity contribution in [3.05, 3.63) is 0 Å². The summed E-state index contributed by atoms with van der Waals surface area (Å²) in [6, 6.07) is -0.400. The molecular formula is C11H21NO5S. The van der Waals surface area contributed by atoms with E-state index in [1.165, 1.54) is 4.31 Å². The number of rotatable bonds is 7. The third kappa shape index (κ3) is 4.55. The Hall–Kier alpha value is -0.660. The number of carbonyl (C=O) groups is 1. The molecule has 1 saturated heterocycles. The summed E-state index contributed by atoms with van der Waals surface area (Å²) in [6.07, 6.45) is 2.19. The second kappa shape index (κ2) is 7.06. The highest BCUT2D eigenvalue weighted by Crippen LogP contribution is 2.23. The van der Waals surface area contributed by atoms with Crippen LogP contribution in [0.15, 0.2) is 0 Å². The van der Waals surface area contributed by atoms with Crippen LogP contribution in [0.1, 0.15) is 32.6 Å². The van der Waals surface area contributed by atoms with Gasteiger partial charge in [0.05, 0.1) is 18.8 Å². The summed E-state index contributed by atoms with van der Waals surface area (Å²) < 4.78 is 30.6. The Morgan fingerprint density at radius 3 is 2.78 bits per heavy atom. The van der Waals surface area contributed by atoms with Crippen LogP contribution < -0.4 is 0 Å². The minimum absolute atomic E-state index is 0.0725. The monoisotopic (exact) mass is 279 g/mol. The molecule has 1 fully saturated rings. The molecule has 0 aromatic heterocycles. The van der Waals surface area contributed by atoms with Crippen LogP contribution >= 0.6 is 0 Å². The minimum Gasteiger partial charge on any atom is -0.481 e. The number of piperidine rings is 1. The van der Waals surface area contributed by atoms with Gasteiger partial charge in [-0.25, -0.2) is 8.42 Å². The van der Waals surface area contributed by atoms with Gasteiger partial charge in [-0.05, 0) is 19.8 Å². The van der Waals surface area contributed by atoms with Gasteiger partial charge in [0.2, 0.25) is 10.0 Å². The Morgan fingerprint density at radius 2 is 2.17 bits per heavy atom. The molecule has 1 aliphatic heterocycles. The highest BCUT2D eigenvalue weighted by atomic mass is 32.2. The summed E-state index contributed by atoms with van der Waals surface area (Å²) in [5, 5.41) is 8.82. The maximum atomic E-state index is 12.1. The highest BCUT2D eigenvalue weighted by Gasteiger charge is 2.33. The van der Waals surface area contributed by atoms with Crippen LogP contribution in [0.5, 0.6) is 0 Å². The van der Waals surface area contributed by atoms with Crippen molar-refractivity contribution in [1.82, 2.24) is 4.31 Å². The summed E-state index contributed by atoms with van der Waals surface area (Å²) in [7, 11) is -3.41. The van der Waals surface area contributed by atoms with Crippen LogP contribution in [0.2, 0.25) is 0 Å². The van der Waals surface area contributed by atoms with Crippen molar-refractivity contribution >= 4 is 16.0 Å². The zero-order valence-corrected chi connectivity index (χ0v) is 11.5. The average molecular weight is 279 g/mol. The van der Waals surface area contributed by atoms with Crippen LogP contribution in [0.25, 0.3) is 0 Å². The lowest BCUT2D eigenvalue weighted by atomic mass is 10.0. The molecule has 0 spiro atoms. The molecule has 106 valence electrons. The summed E-state index contributed by atoms with van der Waals surface area (Å²) in [5.74, 6) is -1.02. The zero-order valence-electron chi connectivity index (χ0n) is 10.7. The maximum absolute atomic E-state index is 12.1. The van der Waals surface area contributed by atoms with Gasteiger partial charge in [-0.3, -0.25) is 4.79 Å². The molecule has 0 aromatic carbocycles. The van der Waals surface area contributed by atoms with Crippen molar-refractivity contribution in [3.63, 3.8) is 0 Å². The molecule has 6 nitrogen and oxygen atoms in total. The Labute approximate surface area is 108 Å². The number of carboxylic acid groups (broad SMARTS) is 1. The van der Waals surface area contributed by atoms with Crippen LogP contribution in [0.4, 0.5) is 0 Å². The topological polar surface area (TPSA) is 83.9 Å². The summed E-state index contributed by atoms with van der Waals surface area (Å²) >= 11 is 0. The first kappa shape index (κ1) is 15.4. The lowest BCUT2D eigenvalue weighted by molar-refractivity contribution is -0.138. The molecule has 1 atom stereocenters. The van der Waals surface area contributed by atoms with Crippen molar-refractivity contribution < 1.29 is 23.1 Å². The van der Waals surface area contributed by atoms with Gasteiger partial charge < -0.3 is 9.84 Å². The SMILES string of the molecule is CCOCCS(=O)(=O)N1CCCCC1CC(=O)O. The van der Waals surface area contributed by atoms with E-state index in [0.29, 0.717) is 19.6 Å². The van der Waals surface area contributed by atoms with E-state index in [0.717, 1.165) is 12.8 Å². The van der Waals surface area contributed by atoms with E-state index in [2.05, 4.69) is 0 Å². The lowest BCUT2D eigenvalue weighted by Gasteiger charge is -2.33. The fourth-order valence-electron chi connectivity index (χ4n) is 2.17. The lowest BCUT2D eigenvalue weighted by Crippen LogP contribution is -2.46. The number of aliphatic carboxylic acids is 1. The molecule has 0 bridgehead atoms. The van der Waals surface area contributed by atoms with Gasteiger partial charge in [0, 0.05) is 19.2 Å². The third-order valence-corrected chi connectivity index (χ3v) is 4.91. The number of nitrogens with zero attached hydrogens (tertiary/aromatic N) is 1. The van der Waals surface area contributed by atoms with Gasteiger partial charge in [0.15, 0.2) is 0 Å². The molecule has 7 heteroatoms. The fraction of sp³-hybridized carbons (Fsp3) is 0.909. The van der Waals surface area contributed by atoms with E-state index in [1.54, 1.807) is 6.92 Å². The molecule has 0 radical (unpaired) electrons. The van der Waals surface area contributed by atoms with Gasteiger partial charge in [0.1, 0.15) is 0 Å². The second-order valence-corrected chi connectivity index (χ2v) is 6.41. The van der Waals surface area contributed by atoms with Crippen molar-refractivity contribution in [3.8, 4) is 0 Å². The fourth-order valence-corrected chi connectivity index (χ4v) is 3.78. The molecule has 0 amide bonds. The predicted octanol–water partition coefficient (Wildman–Crippen LogP) is 0.682. The van der Waals surface area contributed by atoms with E-state index in [1.807, 2.05) is 0 Å². The summed E-state index contributed by atoms with van der Waals surface area (Å²) in [5.41, 5.74) is 0. The maximum Gasteiger partial charge on any atom is 0.304 e. The van der Waals surface area contributed by atoms with Crippen LogP contribution in [0.3, 0.4) is 0 Å². The summed E-state index contributed by atoms with van der Waals surface area (Å²) in [4.78, 5) is 10.8. The first-order valence-corrected chi connectivity index (χ1v) is 7.87. The van der Waals surface area contributed by atoms with Crippen molar-refractivity contribution in [1.29, 1.82) is 0 Å². The Balaban J connectivity index is 2.66. The number of sulfonamides is 1. The smallest absolute Gasteiger partial charge is 0.304 e. The highest BCUT2D eigenvalue weighted by molar-refractivity contribution is 7.89. The number of ether oxygens (including phenoxy) is 1. The van der Waals surface area contributed by atoms with Crippen molar-refractivity contribution in [2.45, 2.75) is 38.6 Å². The zero-order chi connectivity index (χ0) is 13.6. The average Bonchev–Trinajstić information content (AvgIpc) is 2.29. The predicted molar refractivity (Wildman–Crippen MR) is 66.9 cm³/mol. The molecule has 1 rings (SSSR count). The van der Waals surface area contributed by atoms with E-state index in [9.17, 15) is 13.2 Å². The normalized spacial score (nSPS) is 21.9. The number of hydrogen-bond acceptors (Lipinski definition) is 4. The molecule has 0 aromatic rings. The van der Waals surface area contributed by atoms with Crippen LogP contribution in [-0.4, -0.2) is 55.4 Å². The van der Waals surface area contributed by atoms with Crippen molar-refractivity contribution in [2.75, 3.05) is 25.5 Å². The standard InChI is InChI=1S/C11H21NO5S/c1-2-17-7-8-18(15,16)12-6-4-3-5-10(12)9-11(13)14/h10H,2-9H2,1H3,(H,13,14). The third-order valence-electron chi connectivity index (χ3n) is 3.03. The molecule has 1 heterocycles. The molecule has 1 unspecified atom stereocenters. The van der Waals surface area contributed by atoms with E-state index in [4.69, 9.17) is 9.84 Å². The second-order valence-electron chi connectivity index (χ2n) is 4.37. The Morgan fingerprint density at radius 1 is 1.44 bits per heavy atom. The molecule has 0 saturated carbocycles. The molecular weight excluding hydrogens is 258 g/mol. The molecule has 1 N–H and O–H groups in total. The Kier molecular flexibility index (Phi) is 6.04. The quantitative estimate of drug-likeness (QED) is 0.693. The molecule has 18 heavy (non-hydrogen) atoms. The number of carboxylic acids is 1. The van der Waals surface area contributed by atoms with Crippen molar-refractivity contribution in [2.24, 2.45) is 0 Å². The van der Waals surface area contributed by atoms with E-state index >= 15 is 0 Å². The first-order chi connectivity index (χ1) is 8.47. The van der Waals surface area contributed by atoms with E-state index < -0.39 is 22.0 Å². The summed E-state index contributed by atoms with van der Waals surface area (Å²) in [6.45, 7) is 2.87. The van der Waals surface area contributed by atoms with Gasteiger partial charge >= 0.3 is 5.97 Å². The van der Waals surface area contributed by atoms with Gasteiger partial charge in [-0.2, -0.15) is 4.31 Å². The first-order valence-electron chi connectivity index (χ1n) is 6.26. The van der Waals surface area contributed by atoms with Crippen LogP contribution in [-0.2, 0) is 19.6 Å². The van der Waals surface area contributed by atoms with Gasteiger partial charge in [0.25, 0.3) is 0 Å². The minimum atomic E-state index is -3.41. The molecule has 0 aliphatic carbocycles. The largest absolute Gasteiger partial charge is 0.481 e. The van der Waals surface area contributed by atoms with E-state index in [-0.39, 0.29) is 18.8 Å². The number of hydrogen-bond donors (Lipinski definition) is 1. The van der Waals surface area contributed by atoms with Gasteiger partial charge in [-0.15, -0.1) is 0 Å². The van der Waals surface area contributed by atoms with Crippen LogP contribution in [0, 0.1) is 0 Å².